The molecule has 2 aromatic rings. The Morgan fingerprint density at radius 3 is 2.75 bits per heavy atom. The molecular weight excluding hydrogens is 166 g/mol. The number of hydrogen-bond donors (Lipinski definition) is 0. The van der Waals surface area contributed by atoms with Gasteiger partial charge in [-0.1, -0.05) is 6.07 Å². The van der Waals surface area contributed by atoms with E-state index in [0.29, 0.717) is 0 Å². The summed E-state index contributed by atoms with van der Waals surface area (Å²) >= 11 is 1.74. The second-order valence-corrected chi connectivity index (χ2v) is 3.56. The highest BCUT2D eigenvalue weighted by molar-refractivity contribution is 7.13. The minimum Gasteiger partial charge on any atom is -0.255 e. The Balaban J connectivity index is 2.51. The molecule has 0 spiro atoms. The molecule has 0 amide bonds. The Kier molecular flexibility index (Phi) is 1.92. The molecule has 0 aliphatic rings. The van der Waals surface area contributed by atoms with Gasteiger partial charge in [0.1, 0.15) is 0 Å². The maximum absolute atomic E-state index is 4.29. The molecule has 0 radical (unpaired) electrons. The lowest BCUT2D eigenvalue weighted by molar-refractivity contribution is 1.33. The molecule has 0 aliphatic carbocycles. The molecule has 2 heterocycles. The highest BCUT2D eigenvalue weighted by Crippen LogP contribution is 2.26. The molecule has 0 bridgehead atoms. The summed E-state index contributed by atoms with van der Waals surface area (Å²) in [5.41, 5.74) is 2.38. The number of aromatic nitrogens is 1. The number of hydrogen-bond acceptors (Lipinski definition) is 2. The van der Waals surface area contributed by atoms with Crippen LogP contribution in [0.4, 0.5) is 0 Å². The molecule has 2 rings (SSSR count). The minimum absolute atomic E-state index is 1.07. The van der Waals surface area contributed by atoms with Crippen LogP contribution in [0.5, 0.6) is 0 Å². The van der Waals surface area contributed by atoms with Crippen molar-refractivity contribution in [3.63, 3.8) is 0 Å². The van der Waals surface area contributed by atoms with Crippen molar-refractivity contribution in [1.82, 2.24) is 4.98 Å². The molecule has 0 atom stereocenters. The normalized spacial score (nSPS) is 10.1. The third kappa shape index (κ3) is 1.25. The van der Waals surface area contributed by atoms with Crippen molar-refractivity contribution in [3.05, 3.63) is 41.4 Å². The van der Waals surface area contributed by atoms with Gasteiger partial charge < -0.3 is 0 Å². The van der Waals surface area contributed by atoms with E-state index in [0.717, 1.165) is 5.69 Å². The number of pyridine rings is 1. The SMILES string of the molecule is Cc1ccsc1-c1ccccn1. The topological polar surface area (TPSA) is 12.9 Å². The van der Waals surface area contributed by atoms with E-state index >= 15 is 0 Å². The van der Waals surface area contributed by atoms with Gasteiger partial charge in [0, 0.05) is 6.20 Å². The summed E-state index contributed by atoms with van der Waals surface area (Å²) in [6.07, 6.45) is 1.83. The zero-order chi connectivity index (χ0) is 8.39. The van der Waals surface area contributed by atoms with Crippen molar-refractivity contribution in [2.24, 2.45) is 0 Å². The summed E-state index contributed by atoms with van der Waals surface area (Å²) in [5.74, 6) is 0. The van der Waals surface area contributed by atoms with E-state index in [-0.39, 0.29) is 0 Å². The molecule has 0 aromatic carbocycles. The molecule has 2 aromatic heterocycles. The Morgan fingerprint density at radius 1 is 1.25 bits per heavy atom. The van der Waals surface area contributed by atoms with Crippen molar-refractivity contribution in [2.75, 3.05) is 0 Å². The Morgan fingerprint density at radius 2 is 2.17 bits per heavy atom. The second kappa shape index (κ2) is 3.07. The van der Waals surface area contributed by atoms with Gasteiger partial charge in [-0.05, 0) is 36.1 Å². The lowest BCUT2D eigenvalue weighted by Crippen LogP contribution is -1.78. The average Bonchev–Trinajstić information content (AvgIpc) is 2.53. The van der Waals surface area contributed by atoms with Gasteiger partial charge in [-0.3, -0.25) is 4.98 Å². The monoisotopic (exact) mass is 175 g/mol. The predicted octanol–water partition coefficient (Wildman–Crippen LogP) is 3.12. The largest absolute Gasteiger partial charge is 0.255 e. The highest BCUT2D eigenvalue weighted by atomic mass is 32.1. The van der Waals surface area contributed by atoms with Crippen molar-refractivity contribution in [1.29, 1.82) is 0 Å². The van der Waals surface area contributed by atoms with Crippen molar-refractivity contribution < 1.29 is 0 Å². The second-order valence-electron chi connectivity index (χ2n) is 2.65. The smallest absolute Gasteiger partial charge is 0.0804 e. The summed E-state index contributed by atoms with van der Waals surface area (Å²) in [6, 6.07) is 8.11. The van der Waals surface area contributed by atoms with Gasteiger partial charge in [0.05, 0.1) is 10.6 Å². The van der Waals surface area contributed by atoms with Crippen molar-refractivity contribution in [3.8, 4) is 10.6 Å². The van der Waals surface area contributed by atoms with E-state index in [4.69, 9.17) is 0 Å². The Bertz CT molecular complexity index is 364. The van der Waals surface area contributed by atoms with E-state index < -0.39 is 0 Å². The summed E-state index contributed by atoms with van der Waals surface area (Å²) in [6.45, 7) is 2.11. The highest BCUT2D eigenvalue weighted by Gasteiger charge is 2.02. The van der Waals surface area contributed by atoms with Crippen LogP contribution in [0.1, 0.15) is 5.56 Å². The molecular formula is C10H9NS. The molecule has 0 saturated heterocycles. The maximum atomic E-state index is 4.29. The van der Waals surface area contributed by atoms with Gasteiger partial charge >= 0.3 is 0 Å². The molecule has 1 nitrogen and oxygen atoms in total. The van der Waals surface area contributed by atoms with Crippen LogP contribution < -0.4 is 0 Å². The summed E-state index contributed by atoms with van der Waals surface area (Å²) in [5, 5.41) is 2.10. The van der Waals surface area contributed by atoms with Crippen LogP contribution in [0.2, 0.25) is 0 Å². The first-order valence-electron chi connectivity index (χ1n) is 3.83. The minimum atomic E-state index is 1.07. The van der Waals surface area contributed by atoms with Crippen molar-refractivity contribution in [2.45, 2.75) is 6.92 Å². The number of thiophene rings is 1. The first-order valence-corrected chi connectivity index (χ1v) is 4.71. The standard InChI is InChI=1S/C10H9NS/c1-8-5-7-12-10(8)9-4-2-3-6-11-9/h2-7H,1H3. The number of aryl methyl sites for hydroxylation is 1. The number of rotatable bonds is 1. The van der Waals surface area contributed by atoms with Crippen LogP contribution in [-0.2, 0) is 0 Å². The van der Waals surface area contributed by atoms with Gasteiger partial charge in [0.15, 0.2) is 0 Å². The first kappa shape index (κ1) is 7.50. The van der Waals surface area contributed by atoms with Crippen LogP contribution in [-0.4, -0.2) is 4.98 Å². The first-order chi connectivity index (χ1) is 5.88. The summed E-state index contributed by atoms with van der Waals surface area (Å²) in [7, 11) is 0. The fourth-order valence-corrected chi connectivity index (χ4v) is 2.04. The Hall–Kier alpha value is -1.15. The third-order valence-corrected chi connectivity index (χ3v) is 2.80. The molecule has 0 aliphatic heterocycles. The number of nitrogens with zero attached hydrogens (tertiary/aromatic N) is 1. The van der Waals surface area contributed by atoms with Crippen molar-refractivity contribution >= 4 is 11.3 Å². The van der Waals surface area contributed by atoms with E-state index in [1.165, 1.54) is 10.4 Å². The quantitative estimate of drug-likeness (QED) is 0.649. The zero-order valence-electron chi connectivity index (χ0n) is 6.82. The van der Waals surface area contributed by atoms with Crippen LogP contribution in [0.25, 0.3) is 10.6 Å². The Labute approximate surface area is 75.7 Å². The van der Waals surface area contributed by atoms with Gasteiger partial charge in [0.25, 0.3) is 0 Å². The van der Waals surface area contributed by atoms with E-state index in [9.17, 15) is 0 Å². The molecule has 12 heavy (non-hydrogen) atoms. The predicted molar refractivity (Wildman–Crippen MR) is 52.3 cm³/mol. The van der Waals surface area contributed by atoms with Crippen LogP contribution >= 0.6 is 11.3 Å². The molecule has 0 saturated carbocycles. The van der Waals surface area contributed by atoms with Gasteiger partial charge in [-0.25, -0.2) is 0 Å². The lowest BCUT2D eigenvalue weighted by atomic mass is 10.2. The summed E-state index contributed by atoms with van der Waals surface area (Å²) < 4.78 is 0. The van der Waals surface area contributed by atoms with Gasteiger partial charge in [-0.2, -0.15) is 0 Å². The van der Waals surface area contributed by atoms with Gasteiger partial charge in [-0.15, -0.1) is 11.3 Å². The summed E-state index contributed by atoms with van der Waals surface area (Å²) in [4.78, 5) is 5.57. The molecule has 0 fully saturated rings. The molecule has 60 valence electrons. The molecule has 2 heteroatoms. The average molecular weight is 175 g/mol. The van der Waals surface area contributed by atoms with Gasteiger partial charge in [0.2, 0.25) is 0 Å². The van der Waals surface area contributed by atoms with Crippen LogP contribution in [0.3, 0.4) is 0 Å². The maximum Gasteiger partial charge on any atom is 0.0804 e. The molecule has 0 unspecified atom stereocenters. The lowest BCUT2D eigenvalue weighted by Gasteiger charge is -1.96. The van der Waals surface area contributed by atoms with E-state index in [2.05, 4.69) is 23.4 Å². The van der Waals surface area contributed by atoms with E-state index in [1.807, 2.05) is 24.4 Å². The zero-order valence-corrected chi connectivity index (χ0v) is 7.64. The van der Waals surface area contributed by atoms with E-state index in [1.54, 1.807) is 11.3 Å². The van der Waals surface area contributed by atoms with Crippen LogP contribution in [0.15, 0.2) is 35.8 Å². The fraction of sp³-hybridized carbons (Fsp3) is 0.100. The fourth-order valence-electron chi connectivity index (χ4n) is 1.13. The molecule has 0 N–H and O–H groups in total. The van der Waals surface area contributed by atoms with Crippen LogP contribution in [0, 0.1) is 6.92 Å². The third-order valence-electron chi connectivity index (χ3n) is 1.76.